The van der Waals surface area contributed by atoms with Gasteiger partial charge in [0, 0.05) is 11.8 Å². The number of H-pyrrole nitrogens is 1. The number of nitrogens with one attached hydrogen (secondary N) is 2. The number of hydrogen-bond donors (Lipinski definition) is 2. The highest BCUT2D eigenvalue weighted by atomic mass is 19.1. The molecule has 2 rings (SSSR count). The second kappa shape index (κ2) is 5.27. The number of aromatic nitrogens is 2. The van der Waals surface area contributed by atoms with E-state index in [4.69, 9.17) is 0 Å². The van der Waals surface area contributed by atoms with Gasteiger partial charge in [-0.25, -0.2) is 4.39 Å². The highest BCUT2D eigenvalue weighted by Crippen LogP contribution is 2.10. The molecule has 0 aliphatic rings. The number of amides is 1. The summed E-state index contributed by atoms with van der Waals surface area (Å²) in [5.74, 6) is -0.520. The first-order chi connectivity index (χ1) is 8.65. The summed E-state index contributed by atoms with van der Waals surface area (Å²) in [6, 6.07) is 5.94. The molecule has 2 aromatic rings. The van der Waals surface area contributed by atoms with Crippen LogP contribution < -0.4 is 5.32 Å². The maximum absolute atomic E-state index is 12.7. The average Bonchev–Trinajstić information content (AvgIpc) is 2.85. The highest BCUT2D eigenvalue weighted by molar-refractivity contribution is 6.06. The topological polar surface area (TPSA) is 57.8 Å². The standard InChI is InChI=1S/C13H12FN3O/c1-9(6-10-2-4-11(14)5-3-10)13(18)17-12-7-15-16-8-12/h2-8H,1H3,(H,15,16)(H,17,18)/b9-6+. The molecule has 1 amide bonds. The van der Waals surface area contributed by atoms with Crippen LogP contribution in [0.4, 0.5) is 10.1 Å². The van der Waals surface area contributed by atoms with Crippen molar-refractivity contribution in [1.82, 2.24) is 10.2 Å². The fraction of sp³-hybridized carbons (Fsp3) is 0.0769. The molecular weight excluding hydrogens is 233 g/mol. The maximum Gasteiger partial charge on any atom is 0.251 e. The number of nitrogens with zero attached hydrogens (tertiary/aromatic N) is 1. The SMILES string of the molecule is C/C(=C\c1ccc(F)cc1)C(=O)Nc1cn[nH]c1. The third-order valence-corrected chi connectivity index (χ3v) is 2.37. The van der Waals surface area contributed by atoms with E-state index in [0.717, 1.165) is 5.56 Å². The molecule has 0 unspecified atom stereocenters. The maximum atomic E-state index is 12.7. The first-order valence-electron chi connectivity index (χ1n) is 5.39. The number of hydrogen-bond acceptors (Lipinski definition) is 2. The van der Waals surface area contributed by atoms with E-state index < -0.39 is 0 Å². The van der Waals surface area contributed by atoms with Crippen molar-refractivity contribution in [1.29, 1.82) is 0 Å². The van der Waals surface area contributed by atoms with Crippen LogP contribution in [0, 0.1) is 5.82 Å². The second-order valence-corrected chi connectivity index (χ2v) is 3.82. The number of carbonyl (C=O) groups excluding carboxylic acids is 1. The summed E-state index contributed by atoms with van der Waals surface area (Å²) < 4.78 is 12.7. The molecule has 4 nitrogen and oxygen atoms in total. The average molecular weight is 245 g/mol. The van der Waals surface area contributed by atoms with Crippen LogP contribution in [-0.4, -0.2) is 16.1 Å². The van der Waals surface area contributed by atoms with Gasteiger partial charge < -0.3 is 5.32 Å². The highest BCUT2D eigenvalue weighted by Gasteiger charge is 2.05. The van der Waals surface area contributed by atoms with Gasteiger partial charge in [-0.15, -0.1) is 0 Å². The summed E-state index contributed by atoms with van der Waals surface area (Å²) in [6.45, 7) is 1.69. The Labute approximate surface area is 104 Å². The lowest BCUT2D eigenvalue weighted by Gasteiger charge is -2.02. The van der Waals surface area contributed by atoms with Crippen LogP contribution in [0.3, 0.4) is 0 Å². The molecule has 0 bridgehead atoms. The van der Waals surface area contributed by atoms with Gasteiger partial charge in [0.05, 0.1) is 11.9 Å². The third-order valence-electron chi connectivity index (χ3n) is 2.37. The van der Waals surface area contributed by atoms with Gasteiger partial charge in [0.15, 0.2) is 0 Å². The predicted octanol–water partition coefficient (Wildman–Crippen LogP) is 2.59. The van der Waals surface area contributed by atoms with Gasteiger partial charge >= 0.3 is 0 Å². The van der Waals surface area contributed by atoms with E-state index in [9.17, 15) is 9.18 Å². The van der Waals surface area contributed by atoms with Crippen LogP contribution in [0.1, 0.15) is 12.5 Å². The van der Waals surface area contributed by atoms with Crippen LogP contribution >= 0.6 is 0 Å². The smallest absolute Gasteiger partial charge is 0.251 e. The molecule has 0 radical (unpaired) electrons. The van der Waals surface area contributed by atoms with Crippen LogP contribution in [0.15, 0.2) is 42.2 Å². The van der Waals surface area contributed by atoms with Crippen molar-refractivity contribution in [2.45, 2.75) is 6.92 Å². The molecule has 0 saturated carbocycles. The second-order valence-electron chi connectivity index (χ2n) is 3.82. The van der Waals surface area contributed by atoms with Gasteiger partial charge in [-0.3, -0.25) is 9.89 Å². The quantitative estimate of drug-likeness (QED) is 0.816. The zero-order valence-corrected chi connectivity index (χ0v) is 9.77. The van der Waals surface area contributed by atoms with Gasteiger partial charge in [-0.1, -0.05) is 12.1 Å². The molecule has 0 aliphatic heterocycles. The summed E-state index contributed by atoms with van der Waals surface area (Å²) in [6.07, 6.45) is 4.79. The normalized spacial score (nSPS) is 11.3. The molecular formula is C13H12FN3O. The van der Waals surface area contributed by atoms with Crippen molar-refractivity contribution in [3.05, 3.63) is 53.6 Å². The van der Waals surface area contributed by atoms with Crippen LogP contribution in [-0.2, 0) is 4.79 Å². The summed E-state index contributed by atoms with van der Waals surface area (Å²) in [5.41, 5.74) is 1.91. The minimum absolute atomic E-state index is 0.222. The van der Waals surface area contributed by atoms with Crippen molar-refractivity contribution in [3.63, 3.8) is 0 Å². The van der Waals surface area contributed by atoms with Crippen LogP contribution in [0.2, 0.25) is 0 Å². The van der Waals surface area contributed by atoms with E-state index in [1.54, 1.807) is 31.3 Å². The lowest BCUT2D eigenvalue weighted by atomic mass is 10.1. The molecule has 0 spiro atoms. The largest absolute Gasteiger partial charge is 0.320 e. The first-order valence-corrected chi connectivity index (χ1v) is 5.39. The van der Waals surface area contributed by atoms with Gasteiger partial charge in [0.25, 0.3) is 5.91 Å². The molecule has 2 N–H and O–H groups in total. The molecule has 1 aromatic heterocycles. The molecule has 0 atom stereocenters. The number of carbonyl (C=O) groups is 1. The van der Waals surface area contributed by atoms with Gasteiger partial charge in [0.2, 0.25) is 0 Å². The van der Waals surface area contributed by atoms with Crippen molar-refractivity contribution in [3.8, 4) is 0 Å². The molecule has 0 saturated heterocycles. The Balaban J connectivity index is 2.08. The van der Waals surface area contributed by atoms with Gasteiger partial charge in [0.1, 0.15) is 5.82 Å². The number of anilines is 1. The summed E-state index contributed by atoms with van der Waals surface area (Å²) in [5, 5.41) is 9.01. The zero-order chi connectivity index (χ0) is 13.0. The van der Waals surface area contributed by atoms with Crippen molar-refractivity contribution >= 4 is 17.7 Å². The van der Waals surface area contributed by atoms with Crippen molar-refractivity contribution in [2.24, 2.45) is 0 Å². The van der Waals surface area contributed by atoms with Crippen LogP contribution in [0.25, 0.3) is 6.08 Å². The Morgan fingerprint density at radius 2 is 2.11 bits per heavy atom. The molecule has 18 heavy (non-hydrogen) atoms. The Bertz CT molecular complexity index is 558. The fourth-order valence-corrected chi connectivity index (χ4v) is 1.42. The van der Waals surface area contributed by atoms with Crippen molar-refractivity contribution < 1.29 is 9.18 Å². The molecule has 1 aromatic carbocycles. The lowest BCUT2D eigenvalue weighted by Crippen LogP contribution is -2.11. The Hall–Kier alpha value is -2.43. The minimum Gasteiger partial charge on any atom is -0.320 e. The number of halogens is 1. The molecule has 0 aliphatic carbocycles. The Morgan fingerprint density at radius 1 is 1.39 bits per heavy atom. The Morgan fingerprint density at radius 3 is 2.72 bits per heavy atom. The van der Waals surface area contributed by atoms with Gasteiger partial charge in [-0.2, -0.15) is 5.10 Å². The van der Waals surface area contributed by atoms with E-state index >= 15 is 0 Å². The summed E-state index contributed by atoms with van der Waals surface area (Å²) in [7, 11) is 0. The summed E-state index contributed by atoms with van der Waals surface area (Å²) >= 11 is 0. The molecule has 1 heterocycles. The lowest BCUT2D eigenvalue weighted by molar-refractivity contribution is -0.112. The van der Waals surface area contributed by atoms with E-state index in [-0.39, 0.29) is 11.7 Å². The predicted molar refractivity (Wildman–Crippen MR) is 67.3 cm³/mol. The molecule has 92 valence electrons. The fourth-order valence-electron chi connectivity index (χ4n) is 1.42. The van der Waals surface area contributed by atoms with Crippen molar-refractivity contribution in [2.75, 3.05) is 5.32 Å². The molecule has 0 fully saturated rings. The van der Waals surface area contributed by atoms with E-state index in [1.165, 1.54) is 18.3 Å². The molecule has 5 heteroatoms. The van der Waals surface area contributed by atoms with E-state index in [0.29, 0.717) is 11.3 Å². The van der Waals surface area contributed by atoms with E-state index in [1.807, 2.05) is 0 Å². The first kappa shape index (κ1) is 12.0. The third kappa shape index (κ3) is 3.04. The number of benzene rings is 1. The summed E-state index contributed by atoms with van der Waals surface area (Å²) in [4.78, 5) is 11.8. The van der Waals surface area contributed by atoms with E-state index in [2.05, 4.69) is 15.5 Å². The van der Waals surface area contributed by atoms with Crippen LogP contribution in [0.5, 0.6) is 0 Å². The van der Waals surface area contributed by atoms with Gasteiger partial charge in [-0.05, 0) is 30.7 Å². The zero-order valence-electron chi connectivity index (χ0n) is 9.77. The monoisotopic (exact) mass is 245 g/mol. The minimum atomic E-state index is -0.298. The Kier molecular flexibility index (Phi) is 3.52. The number of rotatable bonds is 3. The number of aromatic amines is 1.